The van der Waals surface area contributed by atoms with Gasteiger partial charge >= 0.3 is 0 Å². The molecule has 5 N–H and O–H groups in total. The molecule has 0 bridgehead atoms. The van der Waals surface area contributed by atoms with Crippen LogP contribution < -0.4 is 16.8 Å². The van der Waals surface area contributed by atoms with Crippen LogP contribution in [0.4, 0.5) is 5.69 Å². The number of piperidine rings is 1. The van der Waals surface area contributed by atoms with Crippen molar-refractivity contribution in [3.8, 4) is 0 Å². The number of hydrogen-bond donors (Lipinski definition) is 3. The molecular weight excluding hydrogens is 268 g/mol. The van der Waals surface area contributed by atoms with Gasteiger partial charge in [-0.25, -0.2) is 0 Å². The van der Waals surface area contributed by atoms with E-state index >= 15 is 0 Å². The lowest BCUT2D eigenvalue weighted by Gasteiger charge is -2.35. The first-order chi connectivity index (χ1) is 9.97. The van der Waals surface area contributed by atoms with Gasteiger partial charge < -0.3 is 16.8 Å². The van der Waals surface area contributed by atoms with Crippen LogP contribution in [0.1, 0.15) is 30.1 Å². The van der Waals surface area contributed by atoms with Gasteiger partial charge in [0.1, 0.15) is 0 Å². The molecule has 114 valence electrons. The Bertz CT molecular complexity index is 532. The van der Waals surface area contributed by atoms with Crippen LogP contribution in [-0.4, -0.2) is 41.9 Å². The number of anilines is 1. The summed E-state index contributed by atoms with van der Waals surface area (Å²) in [6.07, 6.45) is 1.79. The van der Waals surface area contributed by atoms with E-state index in [2.05, 4.69) is 17.1 Å². The fourth-order valence-corrected chi connectivity index (χ4v) is 2.67. The van der Waals surface area contributed by atoms with Crippen molar-refractivity contribution in [2.24, 2.45) is 11.5 Å². The Balaban J connectivity index is 1.98. The van der Waals surface area contributed by atoms with Gasteiger partial charge in [0.15, 0.2) is 0 Å². The summed E-state index contributed by atoms with van der Waals surface area (Å²) in [6, 6.07) is 7.24. The van der Waals surface area contributed by atoms with Crippen LogP contribution in [0.3, 0.4) is 0 Å². The number of benzene rings is 1. The molecule has 1 heterocycles. The molecule has 0 aromatic heterocycles. The average Bonchev–Trinajstić information content (AvgIpc) is 2.42. The van der Waals surface area contributed by atoms with E-state index in [4.69, 9.17) is 11.5 Å². The standard InChI is InChI=1S/C15H22N4O2/c1-10-8-11(16)6-7-19(10)9-14(20)18-13-5-3-2-4-12(13)15(17)21/h2-5,10-11H,6-9,16H2,1H3,(H2,17,21)(H,18,20). The molecule has 2 atom stereocenters. The van der Waals surface area contributed by atoms with E-state index in [1.165, 1.54) is 0 Å². The highest BCUT2D eigenvalue weighted by atomic mass is 16.2. The third-order valence-electron chi connectivity index (χ3n) is 3.87. The number of carbonyl (C=O) groups excluding carboxylic acids is 2. The average molecular weight is 290 g/mol. The summed E-state index contributed by atoms with van der Waals surface area (Å²) in [7, 11) is 0. The molecule has 0 radical (unpaired) electrons. The second-order valence-corrected chi connectivity index (χ2v) is 5.56. The number of nitrogens with two attached hydrogens (primary N) is 2. The van der Waals surface area contributed by atoms with Crippen molar-refractivity contribution in [2.45, 2.75) is 31.8 Å². The highest BCUT2D eigenvalue weighted by Gasteiger charge is 2.24. The lowest BCUT2D eigenvalue weighted by Crippen LogP contribution is -2.48. The fraction of sp³-hybridized carbons (Fsp3) is 0.467. The van der Waals surface area contributed by atoms with Gasteiger partial charge in [-0.05, 0) is 31.9 Å². The summed E-state index contributed by atoms with van der Waals surface area (Å²) in [5, 5.41) is 2.76. The van der Waals surface area contributed by atoms with E-state index < -0.39 is 5.91 Å². The number of amides is 2. The molecular formula is C15H22N4O2. The van der Waals surface area contributed by atoms with Gasteiger partial charge in [0.2, 0.25) is 5.91 Å². The number of nitrogens with one attached hydrogen (secondary N) is 1. The minimum Gasteiger partial charge on any atom is -0.366 e. The van der Waals surface area contributed by atoms with Gasteiger partial charge in [0, 0.05) is 18.6 Å². The first-order valence-corrected chi connectivity index (χ1v) is 7.15. The van der Waals surface area contributed by atoms with Gasteiger partial charge in [0.05, 0.1) is 17.8 Å². The van der Waals surface area contributed by atoms with E-state index in [-0.39, 0.29) is 18.0 Å². The van der Waals surface area contributed by atoms with Gasteiger partial charge in [-0.3, -0.25) is 14.5 Å². The number of para-hydroxylation sites is 1. The molecule has 6 heteroatoms. The van der Waals surface area contributed by atoms with Crippen LogP contribution in [0.5, 0.6) is 0 Å². The molecule has 1 aliphatic rings. The third-order valence-corrected chi connectivity index (χ3v) is 3.87. The third kappa shape index (κ3) is 4.03. The van der Waals surface area contributed by atoms with Crippen molar-refractivity contribution >= 4 is 17.5 Å². The minimum absolute atomic E-state index is 0.147. The molecule has 0 spiro atoms. The summed E-state index contributed by atoms with van der Waals surface area (Å²) in [5.74, 6) is -0.700. The maximum absolute atomic E-state index is 12.1. The van der Waals surface area contributed by atoms with Crippen LogP contribution >= 0.6 is 0 Å². The molecule has 6 nitrogen and oxygen atoms in total. The maximum Gasteiger partial charge on any atom is 0.250 e. The summed E-state index contributed by atoms with van der Waals surface area (Å²) < 4.78 is 0. The topological polar surface area (TPSA) is 101 Å². The Kier molecular flexibility index (Phi) is 4.93. The number of rotatable bonds is 4. The normalized spacial score (nSPS) is 22.8. The Morgan fingerprint density at radius 1 is 1.38 bits per heavy atom. The Morgan fingerprint density at radius 3 is 2.76 bits per heavy atom. The van der Waals surface area contributed by atoms with E-state index in [0.717, 1.165) is 19.4 Å². The van der Waals surface area contributed by atoms with E-state index in [1.807, 2.05) is 0 Å². The molecule has 1 saturated heterocycles. The number of hydrogen-bond acceptors (Lipinski definition) is 4. The summed E-state index contributed by atoms with van der Waals surface area (Å²) in [5.41, 5.74) is 12.0. The summed E-state index contributed by atoms with van der Waals surface area (Å²) in [6.45, 7) is 3.18. The molecule has 0 saturated carbocycles. The molecule has 2 rings (SSSR count). The first kappa shape index (κ1) is 15.5. The van der Waals surface area contributed by atoms with Crippen molar-refractivity contribution in [3.05, 3.63) is 29.8 Å². The quantitative estimate of drug-likeness (QED) is 0.753. The molecule has 0 aliphatic carbocycles. The second kappa shape index (κ2) is 6.69. The zero-order valence-corrected chi connectivity index (χ0v) is 12.2. The molecule has 1 aromatic rings. The number of nitrogens with zero attached hydrogens (tertiary/aromatic N) is 1. The van der Waals surface area contributed by atoms with Gasteiger partial charge in [-0.2, -0.15) is 0 Å². The smallest absolute Gasteiger partial charge is 0.250 e. The van der Waals surface area contributed by atoms with Crippen molar-refractivity contribution in [2.75, 3.05) is 18.4 Å². The van der Waals surface area contributed by atoms with E-state index in [1.54, 1.807) is 24.3 Å². The Hall–Kier alpha value is -1.92. The lowest BCUT2D eigenvalue weighted by molar-refractivity contribution is -0.118. The molecule has 21 heavy (non-hydrogen) atoms. The van der Waals surface area contributed by atoms with Crippen LogP contribution in [0.2, 0.25) is 0 Å². The van der Waals surface area contributed by atoms with Crippen LogP contribution in [0, 0.1) is 0 Å². The number of carbonyl (C=O) groups is 2. The zero-order valence-electron chi connectivity index (χ0n) is 12.2. The first-order valence-electron chi connectivity index (χ1n) is 7.15. The number of primary amides is 1. The summed E-state index contributed by atoms with van der Waals surface area (Å²) in [4.78, 5) is 25.6. The predicted molar refractivity (Wildman–Crippen MR) is 81.8 cm³/mol. The van der Waals surface area contributed by atoms with Crippen molar-refractivity contribution in [3.63, 3.8) is 0 Å². The largest absolute Gasteiger partial charge is 0.366 e. The van der Waals surface area contributed by atoms with Gasteiger partial charge in [0.25, 0.3) is 5.91 Å². The monoisotopic (exact) mass is 290 g/mol. The van der Waals surface area contributed by atoms with E-state index in [9.17, 15) is 9.59 Å². The van der Waals surface area contributed by atoms with Gasteiger partial charge in [-0.15, -0.1) is 0 Å². The minimum atomic E-state index is -0.553. The summed E-state index contributed by atoms with van der Waals surface area (Å²) >= 11 is 0. The van der Waals surface area contributed by atoms with Crippen molar-refractivity contribution in [1.82, 2.24) is 4.90 Å². The van der Waals surface area contributed by atoms with Crippen molar-refractivity contribution in [1.29, 1.82) is 0 Å². The molecule has 1 aromatic carbocycles. The maximum atomic E-state index is 12.1. The van der Waals surface area contributed by atoms with E-state index in [0.29, 0.717) is 17.8 Å². The zero-order chi connectivity index (χ0) is 15.4. The molecule has 1 aliphatic heterocycles. The molecule has 2 amide bonds. The molecule has 1 fully saturated rings. The van der Waals surface area contributed by atoms with Crippen LogP contribution in [0.25, 0.3) is 0 Å². The highest BCUT2D eigenvalue weighted by Crippen LogP contribution is 2.17. The lowest BCUT2D eigenvalue weighted by atomic mass is 9.99. The SMILES string of the molecule is CC1CC(N)CCN1CC(=O)Nc1ccccc1C(N)=O. The van der Waals surface area contributed by atoms with Crippen molar-refractivity contribution < 1.29 is 9.59 Å². The molecule has 2 unspecified atom stereocenters. The predicted octanol–water partition coefficient (Wildman–Crippen LogP) is 0.536. The van der Waals surface area contributed by atoms with Crippen LogP contribution in [-0.2, 0) is 4.79 Å². The second-order valence-electron chi connectivity index (χ2n) is 5.56. The van der Waals surface area contributed by atoms with Gasteiger partial charge in [-0.1, -0.05) is 12.1 Å². The van der Waals surface area contributed by atoms with Crippen LogP contribution in [0.15, 0.2) is 24.3 Å². The Morgan fingerprint density at radius 2 is 2.10 bits per heavy atom. The highest BCUT2D eigenvalue weighted by molar-refractivity contribution is 6.03. The number of likely N-dealkylation sites (tertiary alicyclic amines) is 1. The fourth-order valence-electron chi connectivity index (χ4n) is 2.67. The Labute approximate surface area is 124 Å².